The van der Waals surface area contributed by atoms with Gasteiger partial charge in [0.05, 0.1) is 7.11 Å². The summed E-state index contributed by atoms with van der Waals surface area (Å²) < 4.78 is 18.3. The molecule has 0 radical (unpaired) electrons. The number of rotatable bonds is 3. The first-order chi connectivity index (χ1) is 8.61. The minimum atomic E-state index is -0.525. The minimum absolute atomic E-state index is 0.0997. The van der Waals surface area contributed by atoms with Crippen molar-refractivity contribution in [3.63, 3.8) is 0 Å². The molecule has 1 aromatic carbocycles. The van der Waals surface area contributed by atoms with Crippen LogP contribution in [0.25, 0.3) is 0 Å². The molecular formula is C13H17FN2O2. The molecule has 0 aromatic heterocycles. The summed E-state index contributed by atoms with van der Waals surface area (Å²) in [6.07, 6.45) is 0. The van der Waals surface area contributed by atoms with Crippen LogP contribution >= 0.6 is 0 Å². The Morgan fingerprint density at radius 2 is 2.28 bits per heavy atom. The van der Waals surface area contributed by atoms with E-state index in [1.807, 2.05) is 0 Å². The summed E-state index contributed by atoms with van der Waals surface area (Å²) >= 11 is 0. The highest BCUT2D eigenvalue weighted by Crippen LogP contribution is 2.18. The van der Waals surface area contributed by atoms with Crippen LogP contribution in [0.15, 0.2) is 18.2 Å². The van der Waals surface area contributed by atoms with Crippen LogP contribution in [0.3, 0.4) is 0 Å². The van der Waals surface area contributed by atoms with Gasteiger partial charge in [0.15, 0.2) is 11.6 Å². The maximum absolute atomic E-state index is 13.5. The number of methoxy groups -OCH3 is 1. The van der Waals surface area contributed by atoms with Gasteiger partial charge >= 0.3 is 0 Å². The third-order valence-corrected chi connectivity index (χ3v) is 3.25. The third kappa shape index (κ3) is 2.61. The lowest BCUT2D eigenvalue weighted by molar-refractivity contribution is 0.0932. The number of benzene rings is 1. The molecular weight excluding hydrogens is 235 g/mol. The van der Waals surface area contributed by atoms with Gasteiger partial charge in [-0.25, -0.2) is 4.39 Å². The first-order valence-electron chi connectivity index (χ1n) is 5.97. The molecule has 0 aliphatic carbocycles. The molecule has 0 saturated carbocycles. The Balaban J connectivity index is 2.07. The Morgan fingerprint density at radius 3 is 2.83 bits per heavy atom. The Kier molecular flexibility index (Phi) is 3.81. The van der Waals surface area contributed by atoms with E-state index in [4.69, 9.17) is 4.74 Å². The first-order valence-corrected chi connectivity index (χ1v) is 5.97. The van der Waals surface area contributed by atoms with E-state index in [0.29, 0.717) is 11.5 Å². The predicted molar refractivity (Wildman–Crippen MR) is 66.2 cm³/mol. The Labute approximate surface area is 106 Å². The second-order valence-electron chi connectivity index (χ2n) is 4.56. The van der Waals surface area contributed by atoms with E-state index in [1.165, 1.54) is 19.2 Å². The maximum Gasteiger partial charge on any atom is 0.251 e. The van der Waals surface area contributed by atoms with Gasteiger partial charge in [0, 0.05) is 18.2 Å². The lowest BCUT2D eigenvalue weighted by atomic mass is 10.1. The van der Waals surface area contributed by atoms with Crippen molar-refractivity contribution in [3.8, 4) is 5.75 Å². The molecule has 0 bridgehead atoms. The summed E-state index contributed by atoms with van der Waals surface area (Å²) in [5, 5.41) is 6.10. The van der Waals surface area contributed by atoms with Crippen LogP contribution in [0.1, 0.15) is 17.3 Å². The smallest absolute Gasteiger partial charge is 0.251 e. The Hall–Kier alpha value is -1.62. The molecule has 1 fully saturated rings. The lowest BCUT2D eigenvalue weighted by Crippen LogP contribution is -2.39. The predicted octanol–water partition coefficient (Wildman–Crippen LogP) is 1.17. The molecule has 1 aliphatic heterocycles. The van der Waals surface area contributed by atoms with Gasteiger partial charge in [0.1, 0.15) is 0 Å². The van der Waals surface area contributed by atoms with E-state index in [9.17, 15) is 9.18 Å². The van der Waals surface area contributed by atoms with E-state index < -0.39 is 5.82 Å². The summed E-state index contributed by atoms with van der Waals surface area (Å²) in [7, 11) is 1.39. The van der Waals surface area contributed by atoms with Gasteiger partial charge < -0.3 is 15.4 Å². The molecule has 1 aromatic rings. The zero-order valence-electron chi connectivity index (χ0n) is 10.5. The number of amides is 1. The zero-order valence-corrected chi connectivity index (χ0v) is 10.5. The minimum Gasteiger partial charge on any atom is -0.494 e. The van der Waals surface area contributed by atoms with Crippen molar-refractivity contribution in [2.24, 2.45) is 5.92 Å². The normalized spacial score (nSPS) is 22.8. The molecule has 2 atom stereocenters. The first kappa shape index (κ1) is 12.8. The van der Waals surface area contributed by atoms with Crippen molar-refractivity contribution in [2.45, 2.75) is 13.0 Å². The highest BCUT2D eigenvalue weighted by molar-refractivity contribution is 5.94. The van der Waals surface area contributed by atoms with Gasteiger partial charge in [-0.05, 0) is 30.7 Å². The number of hydrogen-bond acceptors (Lipinski definition) is 3. The van der Waals surface area contributed by atoms with Gasteiger partial charge in [-0.15, -0.1) is 0 Å². The number of carbonyl (C=O) groups is 1. The van der Waals surface area contributed by atoms with Gasteiger partial charge in [-0.1, -0.05) is 6.92 Å². The molecule has 1 aliphatic rings. The molecule has 5 heteroatoms. The molecule has 18 heavy (non-hydrogen) atoms. The Bertz CT molecular complexity index is 451. The second-order valence-corrected chi connectivity index (χ2v) is 4.56. The van der Waals surface area contributed by atoms with Gasteiger partial charge in [0.2, 0.25) is 0 Å². The van der Waals surface area contributed by atoms with Gasteiger partial charge in [0.25, 0.3) is 5.91 Å². The number of halogens is 1. The molecule has 2 N–H and O–H groups in total. The van der Waals surface area contributed by atoms with Crippen LogP contribution in [-0.2, 0) is 0 Å². The molecule has 0 spiro atoms. The number of ether oxygens (including phenoxy) is 1. The summed E-state index contributed by atoms with van der Waals surface area (Å²) in [6, 6.07) is 4.31. The zero-order chi connectivity index (χ0) is 13.1. The SMILES string of the molecule is COc1ccc(C(=O)NC2CNCC2C)cc1F. The van der Waals surface area contributed by atoms with Crippen LogP contribution in [0.2, 0.25) is 0 Å². The fourth-order valence-corrected chi connectivity index (χ4v) is 2.06. The molecule has 4 nitrogen and oxygen atoms in total. The summed E-state index contributed by atoms with van der Waals surface area (Å²) in [5.74, 6) is -0.251. The van der Waals surface area contributed by atoms with Crippen molar-refractivity contribution < 1.29 is 13.9 Å². The van der Waals surface area contributed by atoms with E-state index in [1.54, 1.807) is 6.07 Å². The highest BCUT2D eigenvalue weighted by Gasteiger charge is 2.25. The van der Waals surface area contributed by atoms with E-state index in [-0.39, 0.29) is 17.7 Å². The monoisotopic (exact) mass is 252 g/mol. The van der Waals surface area contributed by atoms with Crippen molar-refractivity contribution in [1.82, 2.24) is 10.6 Å². The second kappa shape index (κ2) is 5.35. The Morgan fingerprint density at radius 1 is 1.50 bits per heavy atom. The standard InChI is InChI=1S/C13H17FN2O2/c1-8-6-15-7-11(8)16-13(17)9-3-4-12(18-2)10(14)5-9/h3-5,8,11,15H,6-7H2,1-2H3,(H,16,17). The fraction of sp³-hybridized carbons (Fsp3) is 0.462. The molecule has 98 valence electrons. The quantitative estimate of drug-likeness (QED) is 0.849. The van der Waals surface area contributed by atoms with Gasteiger partial charge in [-0.2, -0.15) is 0 Å². The number of carbonyl (C=O) groups excluding carboxylic acids is 1. The molecule has 1 heterocycles. The van der Waals surface area contributed by atoms with Crippen LogP contribution in [0, 0.1) is 11.7 Å². The van der Waals surface area contributed by atoms with Crippen LogP contribution < -0.4 is 15.4 Å². The van der Waals surface area contributed by atoms with Crippen LogP contribution in [-0.4, -0.2) is 32.1 Å². The fourth-order valence-electron chi connectivity index (χ4n) is 2.06. The summed E-state index contributed by atoms with van der Waals surface area (Å²) in [4.78, 5) is 12.0. The molecule has 2 unspecified atom stereocenters. The van der Waals surface area contributed by atoms with Crippen molar-refractivity contribution in [3.05, 3.63) is 29.6 Å². The van der Waals surface area contributed by atoms with Gasteiger partial charge in [-0.3, -0.25) is 4.79 Å². The largest absolute Gasteiger partial charge is 0.494 e. The summed E-state index contributed by atoms with van der Waals surface area (Å²) in [6.45, 7) is 3.72. The molecule has 1 saturated heterocycles. The topological polar surface area (TPSA) is 50.4 Å². The maximum atomic E-state index is 13.5. The molecule has 1 amide bonds. The van der Waals surface area contributed by atoms with Crippen molar-refractivity contribution in [1.29, 1.82) is 0 Å². The number of nitrogens with one attached hydrogen (secondary N) is 2. The molecule has 2 rings (SSSR count). The van der Waals surface area contributed by atoms with E-state index in [2.05, 4.69) is 17.6 Å². The van der Waals surface area contributed by atoms with E-state index >= 15 is 0 Å². The highest BCUT2D eigenvalue weighted by atomic mass is 19.1. The van der Waals surface area contributed by atoms with E-state index in [0.717, 1.165) is 13.1 Å². The average Bonchev–Trinajstić information content (AvgIpc) is 2.75. The van der Waals surface area contributed by atoms with Crippen LogP contribution in [0.5, 0.6) is 5.75 Å². The van der Waals surface area contributed by atoms with Crippen molar-refractivity contribution >= 4 is 5.91 Å². The van der Waals surface area contributed by atoms with Crippen molar-refractivity contribution in [2.75, 3.05) is 20.2 Å². The van der Waals surface area contributed by atoms with Crippen LogP contribution in [0.4, 0.5) is 4.39 Å². The number of hydrogen-bond donors (Lipinski definition) is 2. The lowest BCUT2D eigenvalue weighted by Gasteiger charge is -2.16. The average molecular weight is 252 g/mol. The summed E-state index contributed by atoms with van der Waals surface area (Å²) in [5.41, 5.74) is 0.312. The third-order valence-electron chi connectivity index (χ3n) is 3.25.